The predicted molar refractivity (Wildman–Crippen MR) is 136 cm³/mol. The molecule has 6 heterocycles. The number of ether oxygens (including phenoxy) is 12. The lowest BCUT2D eigenvalue weighted by Gasteiger charge is -2.37. The SMILES string of the molecule is CC1(C)O[C@H]2[C@@H](O1)[C@@H](COC/C=C/COC[C@H]1O[C@@H]3OC(C)(C)O[C@@H]3[C@H]3OC(C)(C)O[C@H]31)O[C@@H]1OC(C)(C)O[C@@H]12. The minimum atomic E-state index is -0.749. The second-order valence-corrected chi connectivity index (χ2v) is 13.0. The molecule has 0 aliphatic carbocycles. The first-order chi connectivity index (χ1) is 18.7. The highest BCUT2D eigenvalue weighted by Crippen LogP contribution is 2.45. The highest BCUT2D eigenvalue weighted by molar-refractivity contribution is 5.01. The van der Waals surface area contributed by atoms with Crippen molar-refractivity contribution in [3.8, 4) is 0 Å². The zero-order valence-corrected chi connectivity index (χ0v) is 24.7. The van der Waals surface area contributed by atoms with Crippen molar-refractivity contribution in [2.24, 2.45) is 0 Å². The molecule has 228 valence electrons. The van der Waals surface area contributed by atoms with Gasteiger partial charge in [-0.3, -0.25) is 0 Å². The van der Waals surface area contributed by atoms with E-state index in [-0.39, 0.29) is 48.8 Å². The maximum absolute atomic E-state index is 6.18. The van der Waals surface area contributed by atoms with Gasteiger partial charge in [0.25, 0.3) is 0 Å². The van der Waals surface area contributed by atoms with Gasteiger partial charge in [-0.2, -0.15) is 0 Å². The molecule has 6 saturated heterocycles. The fourth-order valence-electron chi connectivity index (χ4n) is 6.30. The molecule has 0 amide bonds. The summed E-state index contributed by atoms with van der Waals surface area (Å²) in [6.45, 7) is 16.5. The van der Waals surface area contributed by atoms with Crippen LogP contribution >= 0.6 is 0 Å². The molecule has 6 fully saturated rings. The van der Waals surface area contributed by atoms with Gasteiger partial charge in [0.2, 0.25) is 0 Å². The lowest BCUT2D eigenvalue weighted by atomic mass is 9.99. The largest absolute Gasteiger partial charge is 0.375 e. The van der Waals surface area contributed by atoms with E-state index < -0.39 is 35.7 Å². The van der Waals surface area contributed by atoms with Gasteiger partial charge in [-0.1, -0.05) is 12.2 Å². The molecule has 0 N–H and O–H groups in total. The summed E-state index contributed by atoms with van der Waals surface area (Å²) in [5, 5.41) is 0. The van der Waals surface area contributed by atoms with E-state index in [0.29, 0.717) is 26.4 Å². The molecule has 0 aromatic rings. The van der Waals surface area contributed by atoms with E-state index in [0.717, 1.165) is 0 Å². The third-order valence-corrected chi connectivity index (χ3v) is 7.66. The summed E-state index contributed by atoms with van der Waals surface area (Å²) < 4.78 is 72.7. The molecule has 0 radical (unpaired) electrons. The maximum Gasteiger partial charge on any atom is 0.190 e. The van der Waals surface area contributed by atoms with Crippen molar-refractivity contribution in [2.45, 2.75) is 140 Å². The van der Waals surface area contributed by atoms with Crippen molar-refractivity contribution < 1.29 is 56.8 Å². The highest BCUT2D eigenvalue weighted by Gasteiger charge is 2.62. The van der Waals surface area contributed by atoms with Crippen LogP contribution in [0.3, 0.4) is 0 Å². The maximum atomic E-state index is 6.18. The van der Waals surface area contributed by atoms with Gasteiger partial charge in [-0.25, -0.2) is 0 Å². The number of rotatable bonds is 8. The lowest BCUT2D eigenvalue weighted by molar-refractivity contribution is -0.242. The van der Waals surface area contributed by atoms with E-state index in [9.17, 15) is 0 Å². The Hall–Kier alpha value is -0.740. The van der Waals surface area contributed by atoms with E-state index in [4.69, 9.17) is 56.8 Å². The Balaban J connectivity index is 0.951. The van der Waals surface area contributed by atoms with Gasteiger partial charge in [0.05, 0.1) is 26.4 Å². The van der Waals surface area contributed by atoms with Crippen LogP contribution in [0.2, 0.25) is 0 Å². The van der Waals surface area contributed by atoms with Crippen LogP contribution in [0.5, 0.6) is 0 Å². The smallest absolute Gasteiger partial charge is 0.190 e. The molecule has 0 aromatic carbocycles. The fraction of sp³-hybridized carbons (Fsp3) is 0.929. The first-order valence-electron chi connectivity index (χ1n) is 14.2. The molecule has 6 aliphatic rings. The molecule has 40 heavy (non-hydrogen) atoms. The van der Waals surface area contributed by atoms with E-state index >= 15 is 0 Å². The van der Waals surface area contributed by atoms with Crippen LogP contribution in [0.4, 0.5) is 0 Å². The molecule has 0 bridgehead atoms. The summed E-state index contributed by atoms with van der Waals surface area (Å²) in [6.07, 6.45) is 0.142. The number of fused-ring (bicyclic) bond motifs is 6. The van der Waals surface area contributed by atoms with E-state index in [1.54, 1.807) is 0 Å². The van der Waals surface area contributed by atoms with Crippen LogP contribution < -0.4 is 0 Å². The molecule has 0 aromatic heterocycles. The topological polar surface area (TPSA) is 111 Å². The van der Waals surface area contributed by atoms with Crippen LogP contribution in [0.1, 0.15) is 55.4 Å². The Kier molecular flexibility index (Phi) is 7.67. The summed E-state index contributed by atoms with van der Waals surface area (Å²) >= 11 is 0. The summed E-state index contributed by atoms with van der Waals surface area (Å²) in [7, 11) is 0. The minimum Gasteiger partial charge on any atom is -0.375 e. The lowest BCUT2D eigenvalue weighted by Crippen LogP contribution is -2.56. The minimum absolute atomic E-state index is 0.294. The Morgan fingerprint density at radius 2 is 0.775 bits per heavy atom. The summed E-state index contributed by atoms with van der Waals surface area (Å²) in [4.78, 5) is 0. The molecule has 0 spiro atoms. The van der Waals surface area contributed by atoms with E-state index in [2.05, 4.69) is 0 Å². The molecule has 12 nitrogen and oxygen atoms in total. The molecule has 0 saturated carbocycles. The molecular formula is C28H44O12. The number of hydrogen-bond acceptors (Lipinski definition) is 12. The van der Waals surface area contributed by atoms with Crippen molar-refractivity contribution in [3.63, 3.8) is 0 Å². The average Bonchev–Trinajstić information content (AvgIpc) is 3.52. The first kappa shape index (κ1) is 29.3. The second-order valence-electron chi connectivity index (χ2n) is 13.0. The van der Waals surface area contributed by atoms with Gasteiger partial charge in [-0.05, 0) is 55.4 Å². The first-order valence-corrected chi connectivity index (χ1v) is 14.2. The molecule has 6 rings (SSSR count). The van der Waals surface area contributed by atoms with E-state index in [1.807, 2.05) is 67.5 Å². The third-order valence-electron chi connectivity index (χ3n) is 7.66. The Labute approximate surface area is 235 Å². The van der Waals surface area contributed by atoms with Crippen molar-refractivity contribution in [1.29, 1.82) is 0 Å². The standard InChI is InChI=1S/C28H44O12/c1-25(2)33-17-15(31-23-21(19(17)35-25)37-27(5,6)39-23)13-29-11-9-10-12-30-14-16-18-20(36-26(3,4)34-18)22-24(32-16)40-28(7,8)38-22/h9-10,15-24H,11-14H2,1-8H3/b10-9+/t15-,16-,17+,18+,19+,20+,21-,22-,23-,24-/m1/s1. The summed E-state index contributed by atoms with van der Waals surface area (Å²) in [5.41, 5.74) is 0. The predicted octanol–water partition coefficient (Wildman–Crippen LogP) is 2.37. The normalized spacial score (nSPS) is 45.8. The zero-order chi connectivity index (χ0) is 28.5. The van der Waals surface area contributed by atoms with Gasteiger partial charge < -0.3 is 56.8 Å². The van der Waals surface area contributed by atoms with Crippen molar-refractivity contribution in [3.05, 3.63) is 12.2 Å². The van der Waals surface area contributed by atoms with Crippen molar-refractivity contribution in [2.75, 3.05) is 26.4 Å². The van der Waals surface area contributed by atoms with Crippen LogP contribution in [-0.4, -0.2) is 111 Å². The van der Waals surface area contributed by atoms with Gasteiger partial charge in [0.15, 0.2) is 35.7 Å². The number of hydrogen-bond donors (Lipinski definition) is 0. The third kappa shape index (κ3) is 6.01. The highest BCUT2D eigenvalue weighted by atomic mass is 16.9. The molecule has 10 atom stereocenters. The quantitative estimate of drug-likeness (QED) is 0.315. The van der Waals surface area contributed by atoms with Gasteiger partial charge in [-0.15, -0.1) is 0 Å². The van der Waals surface area contributed by atoms with Gasteiger partial charge >= 0.3 is 0 Å². The molecule has 12 heteroatoms. The van der Waals surface area contributed by atoms with Crippen LogP contribution in [0.15, 0.2) is 12.2 Å². The van der Waals surface area contributed by atoms with Crippen LogP contribution in [0.25, 0.3) is 0 Å². The van der Waals surface area contributed by atoms with Crippen LogP contribution in [0, 0.1) is 0 Å². The van der Waals surface area contributed by atoms with E-state index in [1.165, 1.54) is 0 Å². The van der Waals surface area contributed by atoms with Crippen molar-refractivity contribution >= 4 is 0 Å². The molecule has 6 aliphatic heterocycles. The van der Waals surface area contributed by atoms with Gasteiger partial charge in [0.1, 0.15) is 48.8 Å². The Bertz CT molecular complexity index is 876. The second kappa shape index (κ2) is 10.5. The summed E-state index contributed by atoms with van der Waals surface area (Å²) in [6, 6.07) is 0. The fourth-order valence-corrected chi connectivity index (χ4v) is 6.30. The Morgan fingerprint density at radius 1 is 0.450 bits per heavy atom. The zero-order valence-electron chi connectivity index (χ0n) is 24.7. The Morgan fingerprint density at radius 3 is 1.18 bits per heavy atom. The molecule has 0 unspecified atom stereocenters. The average molecular weight is 573 g/mol. The summed E-state index contributed by atoms with van der Waals surface area (Å²) in [5.74, 6) is -2.97. The van der Waals surface area contributed by atoms with Gasteiger partial charge in [0, 0.05) is 0 Å². The molecular weight excluding hydrogens is 528 g/mol. The van der Waals surface area contributed by atoms with Crippen molar-refractivity contribution in [1.82, 2.24) is 0 Å². The monoisotopic (exact) mass is 572 g/mol. The van der Waals surface area contributed by atoms with Crippen LogP contribution in [-0.2, 0) is 56.8 Å².